The first kappa shape index (κ1) is 14.2. The van der Waals surface area contributed by atoms with E-state index in [0.717, 1.165) is 19.1 Å². The molecule has 4 rings (SSSR count). The second kappa shape index (κ2) is 6.02. The third-order valence-electron chi connectivity index (χ3n) is 5.69. The van der Waals surface area contributed by atoms with Gasteiger partial charge in [-0.15, -0.1) is 0 Å². The van der Waals surface area contributed by atoms with E-state index < -0.39 is 0 Å². The van der Waals surface area contributed by atoms with Crippen molar-refractivity contribution in [1.82, 2.24) is 4.90 Å². The van der Waals surface area contributed by atoms with Gasteiger partial charge in [0.15, 0.2) is 0 Å². The van der Waals surface area contributed by atoms with Gasteiger partial charge in [0.05, 0.1) is 0 Å². The van der Waals surface area contributed by atoms with Crippen molar-refractivity contribution in [2.45, 2.75) is 57.2 Å². The zero-order chi connectivity index (χ0) is 14.9. The van der Waals surface area contributed by atoms with Crippen molar-refractivity contribution >= 4 is 10.8 Å². The van der Waals surface area contributed by atoms with E-state index in [1.54, 1.807) is 0 Å². The molecule has 1 fully saturated rings. The highest BCUT2D eigenvalue weighted by molar-refractivity contribution is 5.87. The van der Waals surface area contributed by atoms with E-state index in [9.17, 15) is 0 Å². The smallest absolute Gasteiger partial charge is 0.0480 e. The lowest BCUT2D eigenvalue weighted by molar-refractivity contribution is 0.135. The van der Waals surface area contributed by atoms with Crippen molar-refractivity contribution in [2.75, 3.05) is 6.54 Å². The van der Waals surface area contributed by atoms with Gasteiger partial charge in [-0.05, 0) is 34.7 Å². The summed E-state index contributed by atoms with van der Waals surface area (Å²) in [5.41, 5.74) is 9.19. The Balaban J connectivity index is 1.72. The fourth-order valence-electron chi connectivity index (χ4n) is 4.55. The van der Waals surface area contributed by atoms with Crippen molar-refractivity contribution in [3.05, 3.63) is 47.5 Å². The van der Waals surface area contributed by atoms with Crippen LogP contribution in [0, 0.1) is 0 Å². The van der Waals surface area contributed by atoms with Crippen LogP contribution in [0.4, 0.5) is 0 Å². The van der Waals surface area contributed by atoms with Crippen LogP contribution in [0.25, 0.3) is 10.8 Å². The van der Waals surface area contributed by atoms with Gasteiger partial charge < -0.3 is 5.73 Å². The monoisotopic (exact) mass is 294 g/mol. The number of rotatable bonds is 2. The van der Waals surface area contributed by atoms with Crippen molar-refractivity contribution in [3.8, 4) is 0 Å². The summed E-state index contributed by atoms with van der Waals surface area (Å²) in [5.74, 6) is 0. The van der Waals surface area contributed by atoms with Crippen LogP contribution in [-0.4, -0.2) is 17.5 Å². The molecule has 2 aromatic carbocycles. The molecule has 0 radical (unpaired) electrons. The quantitative estimate of drug-likeness (QED) is 0.833. The number of benzene rings is 2. The van der Waals surface area contributed by atoms with Gasteiger partial charge in [0.25, 0.3) is 0 Å². The average Bonchev–Trinajstić information content (AvgIpc) is 2.74. The summed E-state index contributed by atoms with van der Waals surface area (Å²) >= 11 is 0. The molecule has 2 N–H and O–H groups in total. The number of fused-ring (bicyclic) bond motifs is 3. The number of hydrogen-bond acceptors (Lipinski definition) is 2. The van der Waals surface area contributed by atoms with E-state index in [4.69, 9.17) is 5.73 Å². The third-order valence-corrected chi connectivity index (χ3v) is 5.69. The molecule has 0 spiro atoms. The minimum absolute atomic E-state index is 0.419. The van der Waals surface area contributed by atoms with Crippen LogP contribution in [0.2, 0.25) is 0 Å². The molecule has 22 heavy (non-hydrogen) atoms. The molecule has 2 heteroatoms. The fraction of sp³-hybridized carbons (Fsp3) is 0.500. The van der Waals surface area contributed by atoms with Crippen molar-refractivity contribution in [2.24, 2.45) is 5.73 Å². The molecule has 1 aliphatic heterocycles. The second-order valence-electron chi connectivity index (χ2n) is 6.92. The minimum atomic E-state index is 0.419. The predicted molar refractivity (Wildman–Crippen MR) is 92.8 cm³/mol. The molecule has 0 saturated heterocycles. The molecule has 2 aromatic rings. The van der Waals surface area contributed by atoms with Gasteiger partial charge in [-0.25, -0.2) is 0 Å². The summed E-state index contributed by atoms with van der Waals surface area (Å²) in [6.45, 7) is 1.82. The highest BCUT2D eigenvalue weighted by Gasteiger charge is 2.34. The molecular weight excluding hydrogens is 268 g/mol. The molecule has 1 saturated carbocycles. The summed E-state index contributed by atoms with van der Waals surface area (Å²) in [4.78, 5) is 2.71. The lowest BCUT2D eigenvalue weighted by Crippen LogP contribution is -2.36. The van der Waals surface area contributed by atoms with Crippen molar-refractivity contribution in [1.29, 1.82) is 0 Å². The topological polar surface area (TPSA) is 29.3 Å². The van der Waals surface area contributed by atoms with Gasteiger partial charge in [-0.2, -0.15) is 0 Å². The van der Waals surface area contributed by atoms with Crippen LogP contribution < -0.4 is 5.73 Å². The maximum atomic E-state index is 6.19. The van der Waals surface area contributed by atoms with Crippen LogP contribution in [0.1, 0.15) is 55.7 Å². The van der Waals surface area contributed by atoms with Gasteiger partial charge in [-0.1, -0.05) is 62.1 Å². The maximum Gasteiger partial charge on any atom is 0.0480 e. The van der Waals surface area contributed by atoms with E-state index in [1.165, 1.54) is 60.4 Å². The van der Waals surface area contributed by atoms with Gasteiger partial charge in [0.1, 0.15) is 0 Å². The third kappa shape index (κ3) is 2.35. The first-order chi connectivity index (χ1) is 10.9. The van der Waals surface area contributed by atoms with E-state index in [-0.39, 0.29) is 0 Å². The van der Waals surface area contributed by atoms with Gasteiger partial charge >= 0.3 is 0 Å². The van der Waals surface area contributed by atoms with Crippen LogP contribution >= 0.6 is 0 Å². The summed E-state index contributed by atoms with van der Waals surface area (Å²) in [6.07, 6.45) is 8.29. The molecule has 1 unspecified atom stereocenters. The minimum Gasteiger partial charge on any atom is -0.329 e. The fourth-order valence-corrected chi connectivity index (χ4v) is 4.55. The Bertz CT molecular complexity index is 656. The number of hydrogen-bond donors (Lipinski definition) is 1. The summed E-state index contributed by atoms with van der Waals surface area (Å²) < 4.78 is 0. The zero-order valence-corrected chi connectivity index (χ0v) is 13.3. The first-order valence-corrected chi connectivity index (χ1v) is 8.85. The molecular formula is C20H26N2. The van der Waals surface area contributed by atoms with Crippen molar-refractivity contribution < 1.29 is 0 Å². The normalized spacial score (nSPS) is 23.6. The highest BCUT2D eigenvalue weighted by atomic mass is 15.2. The molecule has 0 bridgehead atoms. The van der Waals surface area contributed by atoms with Crippen molar-refractivity contribution in [3.63, 3.8) is 0 Å². The van der Waals surface area contributed by atoms with E-state index in [2.05, 4.69) is 41.3 Å². The van der Waals surface area contributed by atoms with E-state index >= 15 is 0 Å². The maximum absolute atomic E-state index is 6.19. The average molecular weight is 294 g/mol. The van der Waals surface area contributed by atoms with E-state index in [0.29, 0.717) is 6.04 Å². The van der Waals surface area contributed by atoms with Gasteiger partial charge in [0, 0.05) is 25.2 Å². The standard InChI is InChI=1S/C20H26N2/c21-13-20-18-12-11-15-7-5-6-10-17(15)19(18)14-22(20)16-8-3-1-2-4-9-16/h5-7,10-12,16,20H,1-4,8-9,13-14,21H2. The molecule has 1 aliphatic carbocycles. The predicted octanol–water partition coefficient (Wildman–Crippen LogP) is 4.38. The molecule has 0 amide bonds. The van der Waals surface area contributed by atoms with Crippen LogP contribution in [0.5, 0.6) is 0 Å². The van der Waals surface area contributed by atoms with Crippen LogP contribution in [0.3, 0.4) is 0 Å². The summed E-state index contributed by atoms with van der Waals surface area (Å²) in [7, 11) is 0. The Labute approximate surface area is 133 Å². The van der Waals surface area contributed by atoms with Crippen LogP contribution in [-0.2, 0) is 6.54 Å². The summed E-state index contributed by atoms with van der Waals surface area (Å²) in [6, 6.07) is 14.5. The first-order valence-electron chi connectivity index (χ1n) is 8.85. The molecule has 1 heterocycles. The SMILES string of the molecule is NCC1c2ccc3ccccc3c2CN1C1CCCCCC1. The number of nitrogens with zero attached hydrogens (tertiary/aromatic N) is 1. The highest BCUT2D eigenvalue weighted by Crippen LogP contribution is 2.40. The summed E-state index contributed by atoms with van der Waals surface area (Å²) in [5, 5.41) is 2.79. The molecule has 1 atom stereocenters. The molecule has 2 nitrogen and oxygen atoms in total. The molecule has 116 valence electrons. The lowest BCUT2D eigenvalue weighted by Gasteiger charge is -2.32. The second-order valence-corrected chi connectivity index (χ2v) is 6.92. The Kier molecular flexibility index (Phi) is 3.89. The Morgan fingerprint density at radius 1 is 0.955 bits per heavy atom. The lowest BCUT2D eigenvalue weighted by atomic mass is 9.98. The zero-order valence-electron chi connectivity index (χ0n) is 13.3. The Hall–Kier alpha value is -1.38. The Morgan fingerprint density at radius 3 is 2.50 bits per heavy atom. The van der Waals surface area contributed by atoms with Gasteiger partial charge in [-0.3, -0.25) is 4.90 Å². The van der Waals surface area contributed by atoms with Gasteiger partial charge in [0.2, 0.25) is 0 Å². The molecule has 0 aromatic heterocycles. The van der Waals surface area contributed by atoms with Crippen LogP contribution in [0.15, 0.2) is 36.4 Å². The molecule has 2 aliphatic rings. The largest absolute Gasteiger partial charge is 0.329 e. The van der Waals surface area contributed by atoms with E-state index in [1.807, 2.05) is 0 Å². The Morgan fingerprint density at radius 2 is 1.73 bits per heavy atom. The number of nitrogens with two attached hydrogens (primary N) is 1.